The summed E-state index contributed by atoms with van der Waals surface area (Å²) in [7, 11) is 0. The number of nitrogens with one attached hydrogen (secondary N) is 1. The second kappa shape index (κ2) is 8.10. The molecule has 100 valence electrons. The fourth-order valence-corrected chi connectivity index (χ4v) is 3.26. The third kappa shape index (κ3) is 5.39. The van der Waals surface area contributed by atoms with Crippen LogP contribution in [-0.4, -0.2) is 25.8 Å². The van der Waals surface area contributed by atoms with Crippen LogP contribution in [0.15, 0.2) is 0 Å². The minimum Gasteiger partial charge on any atom is -0.377 e. The maximum absolute atomic E-state index is 5.89. The highest BCUT2D eigenvalue weighted by molar-refractivity contribution is 4.68. The Balaban J connectivity index is 1.38. The molecule has 2 aliphatic carbocycles. The first-order valence-electron chi connectivity index (χ1n) is 7.77. The second-order valence-corrected chi connectivity index (χ2v) is 5.82. The van der Waals surface area contributed by atoms with Gasteiger partial charge in [0.25, 0.3) is 0 Å². The second-order valence-electron chi connectivity index (χ2n) is 5.82. The van der Waals surface area contributed by atoms with E-state index < -0.39 is 0 Å². The predicted octanol–water partition coefficient (Wildman–Crippen LogP) is 3.51. The molecule has 0 radical (unpaired) electrons. The first kappa shape index (κ1) is 13.4. The van der Waals surface area contributed by atoms with Crippen molar-refractivity contribution >= 4 is 0 Å². The molecule has 0 spiro atoms. The van der Waals surface area contributed by atoms with Crippen LogP contribution in [0.25, 0.3) is 0 Å². The van der Waals surface area contributed by atoms with Gasteiger partial charge in [-0.25, -0.2) is 0 Å². The van der Waals surface area contributed by atoms with E-state index in [4.69, 9.17) is 4.74 Å². The summed E-state index contributed by atoms with van der Waals surface area (Å²) in [6.07, 6.45) is 14.6. The SMILES string of the molecule is C1CCC(OCCNCCC2CCCC2)CC1. The first-order chi connectivity index (χ1) is 8.45. The van der Waals surface area contributed by atoms with Crippen LogP contribution in [0.4, 0.5) is 0 Å². The van der Waals surface area contributed by atoms with E-state index in [9.17, 15) is 0 Å². The summed E-state index contributed by atoms with van der Waals surface area (Å²) in [6, 6.07) is 0. The molecule has 0 atom stereocenters. The van der Waals surface area contributed by atoms with E-state index in [-0.39, 0.29) is 0 Å². The minimum absolute atomic E-state index is 0.570. The van der Waals surface area contributed by atoms with Gasteiger partial charge < -0.3 is 10.1 Å². The Bertz CT molecular complexity index is 183. The zero-order valence-electron chi connectivity index (χ0n) is 11.3. The molecule has 0 aromatic heterocycles. The van der Waals surface area contributed by atoms with Gasteiger partial charge in [0.05, 0.1) is 12.7 Å². The van der Waals surface area contributed by atoms with Crippen molar-refractivity contribution in [2.24, 2.45) is 5.92 Å². The van der Waals surface area contributed by atoms with Gasteiger partial charge in [0.1, 0.15) is 0 Å². The van der Waals surface area contributed by atoms with E-state index in [0.717, 1.165) is 19.1 Å². The largest absolute Gasteiger partial charge is 0.377 e. The molecule has 0 amide bonds. The summed E-state index contributed by atoms with van der Waals surface area (Å²) in [6.45, 7) is 3.15. The highest BCUT2D eigenvalue weighted by atomic mass is 16.5. The van der Waals surface area contributed by atoms with Gasteiger partial charge in [0, 0.05) is 6.54 Å². The van der Waals surface area contributed by atoms with Crippen LogP contribution in [0.5, 0.6) is 0 Å². The lowest BCUT2D eigenvalue weighted by molar-refractivity contribution is 0.0303. The highest BCUT2D eigenvalue weighted by Gasteiger charge is 2.14. The van der Waals surface area contributed by atoms with Crippen molar-refractivity contribution in [3.63, 3.8) is 0 Å². The third-order valence-electron chi connectivity index (χ3n) is 4.39. The van der Waals surface area contributed by atoms with Crippen molar-refractivity contribution in [3.8, 4) is 0 Å². The van der Waals surface area contributed by atoms with Crippen LogP contribution in [0.2, 0.25) is 0 Å². The Morgan fingerprint density at radius 3 is 2.29 bits per heavy atom. The fourth-order valence-electron chi connectivity index (χ4n) is 3.26. The maximum Gasteiger partial charge on any atom is 0.0594 e. The molecule has 0 saturated heterocycles. The molecule has 2 nitrogen and oxygen atoms in total. The van der Waals surface area contributed by atoms with E-state index in [1.165, 1.54) is 70.8 Å². The van der Waals surface area contributed by atoms with Crippen LogP contribution in [-0.2, 0) is 4.74 Å². The van der Waals surface area contributed by atoms with Gasteiger partial charge in [-0.15, -0.1) is 0 Å². The van der Waals surface area contributed by atoms with Crippen molar-refractivity contribution < 1.29 is 4.74 Å². The Labute approximate surface area is 107 Å². The smallest absolute Gasteiger partial charge is 0.0594 e. The van der Waals surface area contributed by atoms with Crippen LogP contribution in [0.3, 0.4) is 0 Å². The van der Waals surface area contributed by atoms with E-state index in [0.29, 0.717) is 6.10 Å². The standard InChI is InChI=1S/C15H29NO/c1-2-8-15(9-3-1)17-13-12-16-11-10-14-6-4-5-7-14/h14-16H,1-13H2. The number of hydrogen-bond donors (Lipinski definition) is 1. The van der Waals surface area contributed by atoms with E-state index in [1.807, 2.05) is 0 Å². The summed E-state index contributed by atoms with van der Waals surface area (Å²) in [4.78, 5) is 0. The van der Waals surface area contributed by atoms with Crippen LogP contribution < -0.4 is 5.32 Å². The molecule has 2 saturated carbocycles. The average molecular weight is 239 g/mol. The monoisotopic (exact) mass is 239 g/mol. The summed E-state index contributed by atoms with van der Waals surface area (Å²) < 4.78 is 5.89. The lowest BCUT2D eigenvalue weighted by Crippen LogP contribution is -2.25. The molecule has 0 aromatic carbocycles. The van der Waals surface area contributed by atoms with E-state index in [2.05, 4.69) is 5.32 Å². The predicted molar refractivity (Wildman–Crippen MR) is 72.3 cm³/mol. The molecule has 0 bridgehead atoms. The molecule has 2 rings (SSSR count). The van der Waals surface area contributed by atoms with Gasteiger partial charge in [-0.1, -0.05) is 44.9 Å². The van der Waals surface area contributed by atoms with Gasteiger partial charge >= 0.3 is 0 Å². The molecule has 0 aromatic rings. The van der Waals surface area contributed by atoms with Crippen molar-refractivity contribution in [3.05, 3.63) is 0 Å². The molecule has 0 heterocycles. The average Bonchev–Trinajstić information content (AvgIpc) is 2.88. The minimum atomic E-state index is 0.570. The zero-order chi connectivity index (χ0) is 11.8. The topological polar surface area (TPSA) is 21.3 Å². The first-order valence-corrected chi connectivity index (χ1v) is 7.77. The number of rotatable bonds is 7. The van der Waals surface area contributed by atoms with Gasteiger partial charge in [-0.2, -0.15) is 0 Å². The van der Waals surface area contributed by atoms with Crippen molar-refractivity contribution in [1.29, 1.82) is 0 Å². The Hall–Kier alpha value is -0.0800. The number of hydrogen-bond acceptors (Lipinski definition) is 2. The lowest BCUT2D eigenvalue weighted by atomic mass is 9.98. The Morgan fingerprint density at radius 2 is 1.53 bits per heavy atom. The van der Waals surface area contributed by atoms with Gasteiger partial charge in [-0.05, 0) is 31.7 Å². The van der Waals surface area contributed by atoms with Crippen molar-refractivity contribution in [2.75, 3.05) is 19.7 Å². The Morgan fingerprint density at radius 1 is 0.824 bits per heavy atom. The quantitative estimate of drug-likeness (QED) is 0.687. The maximum atomic E-state index is 5.89. The highest BCUT2D eigenvalue weighted by Crippen LogP contribution is 2.26. The fraction of sp³-hybridized carbons (Fsp3) is 1.00. The molecule has 2 fully saturated rings. The summed E-state index contributed by atoms with van der Waals surface area (Å²) in [5, 5.41) is 3.53. The Kier molecular flexibility index (Phi) is 6.36. The van der Waals surface area contributed by atoms with Gasteiger partial charge in [-0.3, -0.25) is 0 Å². The molecule has 0 unspecified atom stereocenters. The van der Waals surface area contributed by atoms with Crippen LogP contribution in [0, 0.1) is 5.92 Å². The molecule has 17 heavy (non-hydrogen) atoms. The van der Waals surface area contributed by atoms with Gasteiger partial charge in [0.15, 0.2) is 0 Å². The lowest BCUT2D eigenvalue weighted by Gasteiger charge is -2.22. The number of ether oxygens (including phenoxy) is 1. The molecule has 1 N–H and O–H groups in total. The molecular formula is C15H29NO. The zero-order valence-corrected chi connectivity index (χ0v) is 11.3. The summed E-state index contributed by atoms with van der Waals surface area (Å²) in [5.41, 5.74) is 0. The summed E-state index contributed by atoms with van der Waals surface area (Å²) >= 11 is 0. The van der Waals surface area contributed by atoms with Crippen LogP contribution >= 0.6 is 0 Å². The van der Waals surface area contributed by atoms with E-state index in [1.54, 1.807) is 0 Å². The van der Waals surface area contributed by atoms with Crippen molar-refractivity contribution in [1.82, 2.24) is 5.32 Å². The molecule has 2 aliphatic rings. The molecule has 2 heteroatoms. The van der Waals surface area contributed by atoms with Gasteiger partial charge in [0.2, 0.25) is 0 Å². The molecular weight excluding hydrogens is 210 g/mol. The van der Waals surface area contributed by atoms with E-state index >= 15 is 0 Å². The summed E-state index contributed by atoms with van der Waals surface area (Å²) in [5.74, 6) is 1.02. The van der Waals surface area contributed by atoms with Crippen molar-refractivity contribution in [2.45, 2.75) is 70.3 Å². The molecule has 0 aliphatic heterocycles. The third-order valence-corrected chi connectivity index (χ3v) is 4.39. The van der Waals surface area contributed by atoms with Crippen LogP contribution in [0.1, 0.15) is 64.2 Å². The normalized spacial score (nSPS) is 23.3.